The standard InChI is InChI=1S/C43H71N5O9S/c1-13-29(6)40(46(9)43(53)34(27(2)3)25-37(50)36-18-14-15-24-48(36,10)28(4)5)38(56-11)26-39(51)47-23-16-17-35(47)41(57-12)30(7)42(52)45-58(54,55)33-21-19-32(20-22-33)44-31(8)49/h19-22,27-30,34-36,38,40-41H,13-18,23-26H2,1-12H3,(H-,44,45,49,52)/p+1/t29-,30+,34-,35-,36+,38+,40-,41+,48?/m0/s1. The Morgan fingerprint density at radius 1 is 0.931 bits per heavy atom. The van der Waals surface area contributed by atoms with Gasteiger partial charge in [0.25, 0.3) is 10.0 Å². The predicted molar refractivity (Wildman–Crippen MR) is 224 cm³/mol. The molecule has 0 aromatic heterocycles. The van der Waals surface area contributed by atoms with Crippen LogP contribution in [0.3, 0.4) is 0 Å². The molecule has 14 nitrogen and oxygen atoms in total. The van der Waals surface area contributed by atoms with Crippen LogP contribution >= 0.6 is 0 Å². The van der Waals surface area contributed by atoms with Crippen LogP contribution in [0, 0.1) is 23.7 Å². The van der Waals surface area contributed by atoms with Crippen molar-refractivity contribution >= 4 is 45.1 Å². The van der Waals surface area contributed by atoms with Gasteiger partial charge >= 0.3 is 0 Å². The summed E-state index contributed by atoms with van der Waals surface area (Å²) in [6, 6.07) is 4.63. The first kappa shape index (κ1) is 49.0. The molecule has 2 aliphatic rings. The second-order valence-electron chi connectivity index (χ2n) is 17.5. The zero-order valence-electron chi connectivity index (χ0n) is 37.1. The number of ether oxygens (including phenoxy) is 2. The van der Waals surface area contributed by atoms with Gasteiger partial charge in [-0.15, -0.1) is 0 Å². The monoisotopic (exact) mass is 835 g/mol. The van der Waals surface area contributed by atoms with Crippen LogP contribution in [-0.4, -0.2) is 130 Å². The van der Waals surface area contributed by atoms with E-state index in [2.05, 4.69) is 30.9 Å². The Hall–Kier alpha value is -3.40. The molecule has 4 amide bonds. The normalized spacial score (nSPS) is 23.1. The lowest BCUT2D eigenvalue weighted by molar-refractivity contribution is -0.948. The van der Waals surface area contributed by atoms with Crippen LogP contribution in [-0.2, 0) is 43.5 Å². The van der Waals surface area contributed by atoms with E-state index < -0.39 is 52.1 Å². The van der Waals surface area contributed by atoms with Gasteiger partial charge in [0.1, 0.15) is 6.04 Å². The molecule has 1 aromatic rings. The zero-order valence-corrected chi connectivity index (χ0v) is 37.9. The number of likely N-dealkylation sites (tertiary alicyclic amines) is 2. The fraction of sp³-hybridized carbons (Fsp3) is 0.744. The average Bonchev–Trinajstić information content (AvgIpc) is 3.65. The minimum absolute atomic E-state index is 0.0307. The first-order chi connectivity index (χ1) is 27.1. The van der Waals surface area contributed by atoms with Gasteiger partial charge in [0.2, 0.25) is 23.6 Å². The second kappa shape index (κ2) is 21.2. The van der Waals surface area contributed by atoms with Gasteiger partial charge in [-0.25, -0.2) is 13.1 Å². The number of sulfonamides is 1. The lowest BCUT2D eigenvalue weighted by atomic mass is 9.83. The number of amides is 4. The minimum Gasteiger partial charge on any atom is -0.379 e. The van der Waals surface area contributed by atoms with Crippen LogP contribution in [0.15, 0.2) is 29.2 Å². The fourth-order valence-electron chi connectivity index (χ4n) is 9.08. The van der Waals surface area contributed by atoms with E-state index >= 15 is 0 Å². The Kier molecular flexibility index (Phi) is 17.9. The molecule has 0 aliphatic carbocycles. The third-order valence-corrected chi connectivity index (χ3v) is 14.5. The quantitative estimate of drug-likeness (QED) is 0.172. The van der Waals surface area contributed by atoms with E-state index in [4.69, 9.17) is 9.47 Å². The summed E-state index contributed by atoms with van der Waals surface area (Å²) in [7, 11) is 2.66. The van der Waals surface area contributed by atoms with Crippen molar-refractivity contribution in [3.05, 3.63) is 24.3 Å². The van der Waals surface area contributed by atoms with Crippen molar-refractivity contribution in [1.82, 2.24) is 14.5 Å². The number of rotatable bonds is 20. The third kappa shape index (κ3) is 11.7. The number of Topliss-reactive ketones (excluding diaryl/α,β-unsaturated/α-hetero) is 1. The molecule has 2 fully saturated rings. The Balaban J connectivity index is 1.78. The number of ketones is 1. The van der Waals surface area contributed by atoms with Crippen molar-refractivity contribution in [3.8, 4) is 0 Å². The van der Waals surface area contributed by atoms with Gasteiger partial charge < -0.3 is 29.1 Å². The molecule has 0 bridgehead atoms. The lowest BCUT2D eigenvalue weighted by Crippen LogP contribution is -2.62. The topological polar surface area (TPSA) is 168 Å². The molecular weight excluding hydrogens is 763 g/mol. The van der Waals surface area contributed by atoms with Crippen LogP contribution in [0.25, 0.3) is 0 Å². The van der Waals surface area contributed by atoms with Gasteiger partial charge in [0, 0.05) is 59.2 Å². The van der Waals surface area contributed by atoms with Crippen LogP contribution in [0.4, 0.5) is 5.69 Å². The largest absolute Gasteiger partial charge is 0.379 e. The highest BCUT2D eigenvalue weighted by molar-refractivity contribution is 7.90. The van der Waals surface area contributed by atoms with E-state index in [1.54, 1.807) is 30.9 Å². The van der Waals surface area contributed by atoms with Crippen molar-refractivity contribution in [2.45, 2.75) is 148 Å². The minimum atomic E-state index is -4.25. The van der Waals surface area contributed by atoms with Crippen LogP contribution in [0.1, 0.15) is 107 Å². The van der Waals surface area contributed by atoms with Crippen LogP contribution in [0.5, 0.6) is 0 Å². The smallest absolute Gasteiger partial charge is 0.264 e. The van der Waals surface area contributed by atoms with Gasteiger partial charge in [-0.2, -0.15) is 0 Å². The summed E-state index contributed by atoms with van der Waals surface area (Å²) in [5.41, 5.74) is 0.413. The number of carbonyl (C=O) groups excluding carboxylic acids is 5. The maximum atomic E-state index is 14.5. The van der Waals surface area contributed by atoms with Gasteiger partial charge in [-0.1, -0.05) is 41.0 Å². The number of nitrogens with zero attached hydrogens (tertiary/aromatic N) is 3. The molecule has 15 heteroatoms. The molecule has 2 heterocycles. The molecule has 1 unspecified atom stereocenters. The molecule has 328 valence electrons. The predicted octanol–water partition coefficient (Wildman–Crippen LogP) is 5.01. The van der Waals surface area contributed by atoms with E-state index in [-0.39, 0.29) is 59.1 Å². The molecule has 1 aromatic carbocycles. The average molecular weight is 835 g/mol. The van der Waals surface area contributed by atoms with E-state index in [0.717, 1.165) is 32.2 Å². The van der Waals surface area contributed by atoms with Crippen LogP contribution < -0.4 is 10.0 Å². The summed E-state index contributed by atoms with van der Waals surface area (Å²) in [5, 5.41) is 2.57. The number of hydrogen-bond acceptors (Lipinski definition) is 9. The number of hydrogen-bond donors (Lipinski definition) is 2. The van der Waals surface area contributed by atoms with E-state index in [1.165, 1.54) is 38.3 Å². The molecule has 3 rings (SSSR count). The van der Waals surface area contributed by atoms with Crippen molar-refractivity contribution in [2.75, 3.05) is 46.7 Å². The van der Waals surface area contributed by atoms with Gasteiger partial charge in [0.05, 0.1) is 61.2 Å². The van der Waals surface area contributed by atoms with Gasteiger partial charge in [-0.3, -0.25) is 24.0 Å². The summed E-state index contributed by atoms with van der Waals surface area (Å²) in [4.78, 5) is 70.8. The summed E-state index contributed by atoms with van der Waals surface area (Å²) in [6.07, 6.45) is 3.51. The molecule has 0 spiro atoms. The molecule has 2 saturated heterocycles. The maximum Gasteiger partial charge on any atom is 0.264 e. The zero-order chi connectivity index (χ0) is 43.7. The highest BCUT2D eigenvalue weighted by Crippen LogP contribution is 2.33. The van der Waals surface area contributed by atoms with Crippen LogP contribution in [0.2, 0.25) is 0 Å². The number of likely N-dealkylation sites (N-methyl/N-ethyl adjacent to an activating group) is 2. The number of carbonyl (C=O) groups is 5. The Morgan fingerprint density at radius 2 is 1.57 bits per heavy atom. The second-order valence-corrected chi connectivity index (χ2v) is 19.1. The molecule has 0 radical (unpaired) electrons. The Bertz CT molecular complexity index is 1690. The first-order valence-corrected chi connectivity index (χ1v) is 22.6. The van der Waals surface area contributed by atoms with Gasteiger partial charge in [0.15, 0.2) is 5.78 Å². The summed E-state index contributed by atoms with van der Waals surface area (Å²) >= 11 is 0. The molecular formula is C43H72N5O9S+. The van der Waals surface area contributed by atoms with Gasteiger partial charge in [-0.05, 0) is 75.6 Å². The van der Waals surface area contributed by atoms with E-state index in [0.29, 0.717) is 35.6 Å². The SMILES string of the molecule is CC[C@H](C)[C@@H]([C@@H](CC(=O)N1CCC[C@H]1[C@H](OC)[C@@H](C)C(=O)NS(=O)(=O)c1ccc(NC(C)=O)cc1)OC)N(C)C(=O)[C@@H](CC(=O)[C@H]1CCCC[N+]1(C)C(C)C)C(C)C. The molecule has 2 aliphatic heterocycles. The highest BCUT2D eigenvalue weighted by atomic mass is 32.2. The number of benzene rings is 1. The molecule has 2 N–H and O–H groups in total. The molecule has 9 atom stereocenters. The van der Waals surface area contributed by atoms with Crippen molar-refractivity contribution in [3.63, 3.8) is 0 Å². The Morgan fingerprint density at radius 3 is 2.10 bits per heavy atom. The van der Waals surface area contributed by atoms with E-state index in [1.807, 2.05) is 27.7 Å². The number of methoxy groups -OCH3 is 2. The highest BCUT2D eigenvalue weighted by Gasteiger charge is 2.46. The summed E-state index contributed by atoms with van der Waals surface area (Å²) in [5.74, 6) is -2.89. The van der Waals surface area contributed by atoms with Crippen molar-refractivity contribution in [1.29, 1.82) is 0 Å². The van der Waals surface area contributed by atoms with E-state index in [9.17, 15) is 32.4 Å². The van der Waals surface area contributed by atoms with Crippen molar-refractivity contribution < 1.29 is 46.3 Å². The van der Waals surface area contributed by atoms with Crippen molar-refractivity contribution in [2.24, 2.45) is 23.7 Å². The molecule has 0 saturated carbocycles. The first-order valence-electron chi connectivity index (χ1n) is 21.1. The summed E-state index contributed by atoms with van der Waals surface area (Å²) < 4.78 is 41.0. The number of anilines is 1. The maximum absolute atomic E-state index is 14.5. The third-order valence-electron chi connectivity index (χ3n) is 13.2. The number of quaternary nitrogens is 1. The molecule has 58 heavy (non-hydrogen) atoms. The lowest BCUT2D eigenvalue weighted by Gasteiger charge is -2.47. The number of piperidine rings is 1. The Labute approximate surface area is 347 Å². The number of nitrogens with one attached hydrogen (secondary N) is 2. The fourth-order valence-corrected chi connectivity index (χ4v) is 10.1. The summed E-state index contributed by atoms with van der Waals surface area (Å²) in [6.45, 7) is 16.7.